The molecule has 0 unspecified atom stereocenters. The van der Waals surface area contributed by atoms with Gasteiger partial charge in [0.05, 0.1) is 17.4 Å². The number of hydrogen-bond donors (Lipinski definition) is 0. The Morgan fingerprint density at radius 3 is 2.37 bits per heavy atom. The minimum Gasteiger partial charge on any atom is -0.271 e. The summed E-state index contributed by atoms with van der Waals surface area (Å²) in [5.74, 6) is -1.22. The van der Waals surface area contributed by atoms with Crippen LogP contribution >= 0.6 is 15.9 Å². The molecule has 0 saturated carbocycles. The van der Waals surface area contributed by atoms with Gasteiger partial charge in [-0.2, -0.15) is 10.2 Å². The van der Waals surface area contributed by atoms with Gasteiger partial charge in [-0.15, -0.1) is 0 Å². The summed E-state index contributed by atoms with van der Waals surface area (Å²) in [5.41, 5.74) is 4.17. The zero-order valence-corrected chi connectivity index (χ0v) is 22.0. The Kier molecular flexibility index (Phi) is 6.11. The summed E-state index contributed by atoms with van der Waals surface area (Å²) >= 11 is 3.46. The maximum Gasteiger partial charge on any atom is 0.264 e. The van der Waals surface area contributed by atoms with Gasteiger partial charge < -0.3 is 0 Å². The number of hydrazone groups is 1. The summed E-state index contributed by atoms with van der Waals surface area (Å²) in [6.45, 7) is 1.70. The molecular formula is C28H23BrN6O3. The lowest BCUT2D eigenvalue weighted by atomic mass is 9.98. The SMILES string of the molecule is Cc1ccc(N2C(=O)[C@H]3N=NN(CC(=O)N4N=C(c5ccc(Br)cc5)C[C@H]4c4ccccc4)[C@@H]3C2=O)cc1. The van der Waals surface area contributed by atoms with Crippen LogP contribution in [0, 0.1) is 6.92 Å². The van der Waals surface area contributed by atoms with Gasteiger partial charge in [0.15, 0.2) is 12.1 Å². The number of nitrogens with zero attached hydrogens (tertiary/aromatic N) is 6. The highest BCUT2D eigenvalue weighted by molar-refractivity contribution is 9.10. The molecule has 1 fully saturated rings. The fraction of sp³-hybridized carbons (Fsp3) is 0.214. The molecule has 10 heteroatoms. The number of benzene rings is 3. The van der Waals surface area contributed by atoms with E-state index in [2.05, 4.69) is 26.3 Å². The topological polar surface area (TPSA) is 98.0 Å². The minimum absolute atomic E-state index is 0.230. The van der Waals surface area contributed by atoms with Gasteiger partial charge in [0.1, 0.15) is 6.54 Å². The van der Waals surface area contributed by atoms with Crippen LogP contribution in [0.15, 0.2) is 98.8 Å². The second-order valence-electron chi connectivity index (χ2n) is 9.46. The van der Waals surface area contributed by atoms with Crippen molar-refractivity contribution in [3.8, 4) is 0 Å². The third kappa shape index (κ3) is 4.20. The fourth-order valence-corrected chi connectivity index (χ4v) is 5.27. The van der Waals surface area contributed by atoms with Crippen molar-refractivity contribution in [3.63, 3.8) is 0 Å². The van der Waals surface area contributed by atoms with Gasteiger partial charge in [-0.3, -0.25) is 19.4 Å². The van der Waals surface area contributed by atoms with E-state index in [4.69, 9.17) is 5.10 Å². The van der Waals surface area contributed by atoms with Crippen LogP contribution in [0.2, 0.25) is 0 Å². The first kappa shape index (κ1) is 24.2. The van der Waals surface area contributed by atoms with Crippen LogP contribution in [0.25, 0.3) is 0 Å². The molecule has 3 amide bonds. The van der Waals surface area contributed by atoms with Crippen LogP contribution in [0.4, 0.5) is 5.69 Å². The number of amides is 3. The number of carbonyl (C=O) groups excluding carboxylic acids is 3. The molecule has 38 heavy (non-hydrogen) atoms. The standard InChI is InChI=1S/C28H23BrN6O3/c1-17-7-13-21(14-8-17)34-27(37)25-26(28(34)38)33(32-30-25)16-24(36)35-23(19-5-3-2-4-6-19)15-22(31-35)18-9-11-20(29)12-10-18/h2-14,23,25-26H,15-16H2,1H3/t23-,25-,26-/m0/s1. The van der Waals surface area contributed by atoms with Crippen LogP contribution in [0.1, 0.15) is 29.2 Å². The molecule has 3 heterocycles. The van der Waals surface area contributed by atoms with E-state index in [1.807, 2.05) is 73.7 Å². The van der Waals surface area contributed by atoms with E-state index in [1.54, 1.807) is 12.1 Å². The number of imide groups is 1. The van der Waals surface area contributed by atoms with Crippen molar-refractivity contribution in [3.05, 3.63) is 100 Å². The quantitative estimate of drug-likeness (QED) is 0.424. The number of rotatable bonds is 5. The first-order valence-corrected chi connectivity index (χ1v) is 13.0. The zero-order chi connectivity index (χ0) is 26.4. The Hall–Kier alpha value is -4.18. The molecule has 3 atom stereocenters. The van der Waals surface area contributed by atoms with Crippen LogP contribution in [-0.4, -0.2) is 52.1 Å². The Morgan fingerprint density at radius 1 is 0.947 bits per heavy atom. The Bertz CT molecular complexity index is 1470. The molecule has 3 aromatic carbocycles. The first-order chi connectivity index (χ1) is 18.4. The Balaban J connectivity index is 1.25. The summed E-state index contributed by atoms with van der Waals surface area (Å²) in [7, 11) is 0. The van der Waals surface area contributed by atoms with Crippen LogP contribution in [0.5, 0.6) is 0 Å². The number of aryl methyl sites for hydroxylation is 1. The zero-order valence-electron chi connectivity index (χ0n) is 20.4. The van der Waals surface area contributed by atoms with Gasteiger partial charge in [0.2, 0.25) is 0 Å². The Morgan fingerprint density at radius 2 is 1.66 bits per heavy atom. The average molecular weight is 571 g/mol. The van der Waals surface area contributed by atoms with Crippen LogP contribution in [-0.2, 0) is 14.4 Å². The molecule has 0 bridgehead atoms. The molecule has 6 rings (SSSR count). The van der Waals surface area contributed by atoms with E-state index in [0.29, 0.717) is 12.1 Å². The predicted octanol–water partition coefficient (Wildman–Crippen LogP) is 4.43. The van der Waals surface area contributed by atoms with Gasteiger partial charge >= 0.3 is 0 Å². The summed E-state index contributed by atoms with van der Waals surface area (Å²) in [6.07, 6.45) is 0.545. The summed E-state index contributed by atoms with van der Waals surface area (Å²) in [5, 5.41) is 15.6. The fourth-order valence-electron chi connectivity index (χ4n) is 5.01. The van der Waals surface area contributed by atoms with Crippen molar-refractivity contribution in [1.82, 2.24) is 10.0 Å². The monoisotopic (exact) mass is 570 g/mol. The van der Waals surface area contributed by atoms with Gasteiger partial charge in [0, 0.05) is 10.9 Å². The highest BCUT2D eigenvalue weighted by atomic mass is 79.9. The molecule has 0 spiro atoms. The molecule has 0 aromatic heterocycles. The Labute approximate surface area is 227 Å². The van der Waals surface area contributed by atoms with Gasteiger partial charge in [0.25, 0.3) is 17.7 Å². The molecule has 190 valence electrons. The van der Waals surface area contributed by atoms with Crippen molar-refractivity contribution >= 4 is 45.1 Å². The number of hydrogen-bond acceptors (Lipinski definition) is 7. The average Bonchev–Trinajstić information content (AvgIpc) is 3.61. The highest BCUT2D eigenvalue weighted by Crippen LogP contribution is 2.35. The maximum atomic E-state index is 13.6. The van der Waals surface area contributed by atoms with E-state index in [1.165, 1.54) is 10.0 Å². The van der Waals surface area contributed by atoms with E-state index >= 15 is 0 Å². The highest BCUT2D eigenvalue weighted by Gasteiger charge is 2.55. The third-order valence-corrected chi connectivity index (χ3v) is 7.50. The van der Waals surface area contributed by atoms with E-state index in [-0.39, 0.29) is 18.5 Å². The first-order valence-electron chi connectivity index (χ1n) is 12.2. The van der Waals surface area contributed by atoms with Crippen molar-refractivity contribution in [2.75, 3.05) is 11.4 Å². The predicted molar refractivity (Wildman–Crippen MR) is 144 cm³/mol. The van der Waals surface area contributed by atoms with Crippen molar-refractivity contribution in [2.45, 2.75) is 31.5 Å². The molecule has 0 radical (unpaired) electrons. The number of halogens is 1. The summed E-state index contributed by atoms with van der Waals surface area (Å²) in [4.78, 5) is 41.1. The smallest absolute Gasteiger partial charge is 0.264 e. The van der Waals surface area contributed by atoms with Crippen molar-refractivity contribution in [2.24, 2.45) is 15.4 Å². The van der Waals surface area contributed by atoms with Crippen molar-refractivity contribution in [1.29, 1.82) is 0 Å². The maximum absolute atomic E-state index is 13.6. The lowest BCUT2D eigenvalue weighted by Gasteiger charge is -2.25. The van der Waals surface area contributed by atoms with Gasteiger partial charge in [-0.1, -0.05) is 81.3 Å². The van der Waals surface area contributed by atoms with Crippen molar-refractivity contribution < 1.29 is 14.4 Å². The minimum atomic E-state index is -0.970. The number of carbonyl (C=O) groups is 3. The van der Waals surface area contributed by atoms with Gasteiger partial charge in [-0.25, -0.2) is 9.91 Å². The molecule has 3 aliphatic heterocycles. The molecule has 9 nitrogen and oxygen atoms in total. The second kappa shape index (κ2) is 9.60. The molecule has 3 aliphatic rings. The number of anilines is 1. The third-order valence-electron chi connectivity index (χ3n) is 6.98. The lowest BCUT2D eigenvalue weighted by Crippen LogP contribution is -2.44. The molecule has 3 aromatic rings. The second-order valence-corrected chi connectivity index (χ2v) is 10.4. The number of fused-ring (bicyclic) bond motifs is 1. The van der Waals surface area contributed by atoms with Gasteiger partial charge in [-0.05, 0) is 42.3 Å². The normalized spacial score (nSPS) is 22.3. The van der Waals surface area contributed by atoms with E-state index in [0.717, 1.165) is 31.8 Å². The lowest BCUT2D eigenvalue weighted by molar-refractivity contribution is -0.135. The van der Waals surface area contributed by atoms with Crippen LogP contribution in [0.3, 0.4) is 0 Å². The largest absolute Gasteiger partial charge is 0.271 e. The summed E-state index contributed by atoms with van der Waals surface area (Å²) in [6, 6.07) is 22.4. The molecule has 1 saturated heterocycles. The van der Waals surface area contributed by atoms with E-state index in [9.17, 15) is 14.4 Å². The van der Waals surface area contributed by atoms with Crippen LogP contribution < -0.4 is 4.90 Å². The molecular weight excluding hydrogens is 548 g/mol. The summed E-state index contributed by atoms with van der Waals surface area (Å²) < 4.78 is 0.955. The molecule has 0 aliphatic carbocycles. The molecule has 0 N–H and O–H groups in total. The van der Waals surface area contributed by atoms with E-state index < -0.39 is 23.9 Å².